The highest BCUT2D eigenvalue weighted by molar-refractivity contribution is 9.08. The third-order valence-corrected chi connectivity index (χ3v) is 4.07. The zero-order valence-corrected chi connectivity index (χ0v) is 12.2. The van der Waals surface area contributed by atoms with Crippen molar-refractivity contribution in [2.24, 2.45) is 5.92 Å². The van der Waals surface area contributed by atoms with Crippen molar-refractivity contribution >= 4 is 21.6 Å². The van der Waals surface area contributed by atoms with E-state index >= 15 is 0 Å². The van der Waals surface area contributed by atoms with E-state index < -0.39 is 0 Å². The molecular weight excluding hydrogens is 297 g/mol. The van der Waals surface area contributed by atoms with Crippen LogP contribution in [0.3, 0.4) is 0 Å². The summed E-state index contributed by atoms with van der Waals surface area (Å²) in [5, 5.41) is 0.679. The van der Waals surface area contributed by atoms with Crippen molar-refractivity contribution in [3.8, 4) is 0 Å². The molecule has 1 saturated heterocycles. The van der Waals surface area contributed by atoms with Crippen molar-refractivity contribution in [1.29, 1.82) is 0 Å². The molecule has 0 unspecified atom stereocenters. The standard InChI is InChI=1S/C14H19BrFNO/c1-17(10-11-5-7-18-8-6-11)14-12(9-15)3-2-4-13(14)16/h2-4,11H,5-10H2,1H3. The largest absolute Gasteiger partial charge is 0.381 e. The Morgan fingerprint density at radius 2 is 2.11 bits per heavy atom. The van der Waals surface area contributed by atoms with Gasteiger partial charge >= 0.3 is 0 Å². The number of anilines is 1. The second-order valence-corrected chi connectivity index (χ2v) is 5.38. The topological polar surface area (TPSA) is 12.5 Å². The van der Waals surface area contributed by atoms with E-state index in [9.17, 15) is 4.39 Å². The zero-order valence-electron chi connectivity index (χ0n) is 10.7. The van der Waals surface area contributed by atoms with Crippen molar-refractivity contribution in [3.63, 3.8) is 0 Å². The fourth-order valence-corrected chi connectivity index (χ4v) is 2.96. The number of halogens is 2. The summed E-state index contributed by atoms with van der Waals surface area (Å²) in [6.07, 6.45) is 2.14. The first kappa shape index (κ1) is 13.8. The number of hydrogen-bond acceptors (Lipinski definition) is 2. The van der Waals surface area contributed by atoms with Crippen LogP contribution in [0.1, 0.15) is 18.4 Å². The lowest BCUT2D eigenvalue weighted by atomic mass is 9.99. The Morgan fingerprint density at radius 3 is 2.78 bits per heavy atom. The van der Waals surface area contributed by atoms with E-state index in [-0.39, 0.29) is 5.82 Å². The highest BCUT2D eigenvalue weighted by Crippen LogP contribution is 2.27. The molecule has 0 atom stereocenters. The van der Waals surface area contributed by atoms with Crippen LogP contribution in [0.15, 0.2) is 18.2 Å². The Labute approximate surface area is 116 Å². The Hall–Kier alpha value is -0.610. The SMILES string of the molecule is CN(CC1CCOCC1)c1c(F)cccc1CBr. The van der Waals surface area contributed by atoms with Gasteiger partial charge in [-0.15, -0.1) is 0 Å². The van der Waals surface area contributed by atoms with Gasteiger partial charge in [-0.05, 0) is 30.4 Å². The molecule has 18 heavy (non-hydrogen) atoms. The van der Waals surface area contributed by atoms with Crippen molar-refractivity contribution in [1.82, 2.24) is 0 Å². The molecule has 4 heteroatoms. The summed E-state index contributed by atoms with van der Waals surface area (Å²) < 4.78 is 19.3. The van der Waals surface area contributed by atoms with Gasteiger partial charge in [0.25, 0.3) is 0 Å². The first-order chi connectivity index (χ1) is 8.72. The Bertz CT molecular complexity index is 393. The molecule has 1 fully saturated rings. The van der Waals surface area contributed by atoms with Gasteiger partial charge < -0.3 is 9.64 Å². The number of nitrogens with zero attached hydrogens (tertiary/aromatic N) is 1. The second-order valence-electron chi connectivity index (χ2n) is 4.82. The predicted octanol–water partition coefficient (Wildman–Crippen LogP) is 3.58. The van der Waals surface area contributed by atoms with Gasteiger partial charge in [0, 0.05) is 32.1 Å². The first-order valence-corrected chi connectivity index (χ1v) is 7.46. The minimum Gasteiger partial charge on any atom is -0.381 e. The maximum atomic E-state index is 14.0. The molecule has 0 amide bonds. The molecule has 0 N–H and O–H groups in total. The molecule has 0 spiro atoms. The number of rotatable bonds is 4. The minimum absolute atomic E-state index is 0.137. The Balaban J connectivity index is 2.09. The summed E-state index contributed by atoms with van der Waals surface area (Å²) in [7, 11) is 1.97. The lowest BCUT2D eigenvalue weighted by Gasteiger charge is -2.29. The number of ether oxygens (including phenoxy) is 1. The van der Waals surface area contributed by atoms with Gasteiger partial charge in [-0.1, -0.05) is 28.1 Å². The first-order valence-electron chi connectivity index (χ1n) is 6.34. The van der Waals surface area contributed by atoms with Crippen LogP contribution in [-0.4, -0.2) is 26.8 Å². The van der Waals surface area contributed by atoms with Gasteiger partial charge in [0.2, 0.25) is 0 Å². The normalized spacial score (nSPS) is 16.8. The van der Waals surface area contributed by atoms with Crippen LogP contribution < -0.4 is 4.90 Å². The van der Waals surface area contributed by atoms with Crippen LogP contribution in [0, 0.1) is 11.7 Å². The lowest BCUT2D eigenvalue weighted by Crippen LogP contribution is -2.30. The van der Waals surface area contributed by atoms with Crippen LogP contribution in [0.2, 0.25) is 0 Å². The van der Waals surface area contributed by atoms with Crippen LogP contribution >= 0.6 is 15.9 Å². The van der Waals surface area contributed by atoms with Gasteiger partial charge in [-0.2, -0.15) is 0 Å². The molecule has 100 valence electrons. The summed E-state index contributed by atoms with van der Waals surface area (Å²) in [5.74, 6) is 0.466. The third kappa shape index (κ3) is 3.23. The van der Waals surface area contributed by atoms with Gasteiger partial charge in [-0.3, -0.25) is 0 Å². The van der Waals surface area contributed by atoms with E-state index in [0.29, 0.717) is 11.2 Å². The molecule has 1 heterocycles. The van der Waals surface area contributed by atoms with Crippen molar-refractivity contribution in [2.45, 2.75) is 18.2 Å². The van der Waals surface area contributed by atoms with Gasteiger partial charge in [0.15, 0.2) is 0 Å². The summed E-state index contributed by atoms with van der Waals surface area (Å²) >= 11 is 3.42. The van der Waals surface area contributed by atoms with Crippen LogP contribution in [0.5, 0.6) is 0 Å². The monoisotopic (exact) mass is 315 g/mol. The smallest absolute Gasteiger partial charge is 0.146 e. The average Bonchev–Trinajstić information content (AvgIpc) is 2.39. The highest BCUT2D eigenvalue weighted by atomic mass is 79.9. The van der Waals surface area contributed by atoms with Crippen LogP contribution in [0.4, 0.5) is 10.1 Å². The third-order valence-electron chi connectivity index (χ3n) is 3.47. The predicted molar refractivity (Wildman–Crippen MR) is 75.8 cm³/mol. The molecule has 1 aromatic rings. The number of alkyl halides is 1. The van der Waals surface area contributed by atoms with Gasteiger partial charge in [0.05, 0.1) is 5.69 Å². The Kier molecular flexibility index (Phi) is 5.01. The van der Waals surface area contributed by atoms with Crippen LogP contribution in [-0.2, 0) is 10.1 Å². The maximum Gasteiger partial charge on any atom is 0.146 e. The molecule has 0 bridgehead atoms. The number of hydrogen-bond donors (Lipinski definition) is 0. The second kappa shape index (κ2) is 6.53. The molecule has 0 aliphatic carbocycles. The highest BCUT2D eigenvalue weighted by Gasteiger charge is 2.19. The number of benzene rings is 1. The molecule has 2 rings (SSSR count). The van der Waals surface area contributed by atoms with E-state index in [1.165, 1.54) is 6.07 Å². The zero-order chi connectivity index (χ0) is 13.0. The van der Waals surface area contributed by atoms with Gasteiger partial charge in [0.1, 0.15) is 5.82 Å². The van der Waals surface area contributed by atoms with E-state index in [2.05, 4.69) is 15.9 Å². The molecule has 1 aliphatic heterocycles. The summed E-state index contributed by atoms with van der Waals surface area (Å²) in [4.78, 5) is 2.04. The molecule has 1 aromatic carbocycles. The summed E-state index contributed by atoms with van der Waals surface area (Å²) in [5.41, 5.74) is 1.73. The van der Waals surface area contributed by atoms with Crippen molar-refractivity contribution < 1.29 is 9.13 Å². The maximum absolute atomic E-state index is 14.0. The summed E-state index contributed by atoms with van der Waals surface area (Å²) in [6.45, 7) is 2.56. The molecule has 0 radical (unpaired) electrons. The van der Waals surface area contributed by atoms with E-state index in [0.717, 1.165) is 43.9 Å². The number of para-hydroxylation sites is 1. The summed E-state index contributed by atoms with van der Waals surface area (Å²) in [6, 6.07) is 5.26. The van der Waals surface area contributed by atoms with Gasteiger partial charge in [-0.25, -0.2) is 4.39 Å². The van der Waals surface area contributed by atoms with Crippen molar-refractivity contribution in [2.75, 3.05) is 31.7 Å². The van der Waals surface area contributed by atoms with Crippen LogP contribution in [0.25, 0.3) is 0 Å². The molecule has 1 aliphatic rings. The van der Waals surface area contributed by atoms with E-state index in [1.54, 1.807) is 6.07 Å². The van der Waals surface area contributed by atoms with E-state index in [4.69, 9.17) is 4.74 Å². The quantitative estimate of drug-likeness (QED) is 0.787. The van der Waals surface area contributed by atoms with Crippen molar-refractivity contribution in [3.05, 3.63) is 29.6 Å². The molecule has 0 saturated carbocycles. The van der Waals surface area contributed by atoms with E-state index in [1.807, 2.05) is 18.0 Å². The fraction of sp³-hybridized carbons (Fsp3) is 0.571. The molecular formula is C14H19BrFNO. The lowest BCUT2D eigenvalue weighted by molar-refractivity contribution is 0.0685. The minimum atomic E-state index is -0.137. The average molecular weight is 316 g/mol. The Morgan fingerprint density at radius 1 is 1.39 bits per heavy atom. The molecule has 2 nitrogen and oxygen atoms in total. The fourth-order valence-electron chi connectivity index (χ4n) is 2.50. The molecule has 0 aromatic heterocycles.